The fraction of sp³-hybridized carbons (Fsp3) is 0. The van der Waals surface area contributed by atoms with Gasteiger partial charge in [-0.1, -0.05) is 109 Å². The average molecular weight is 435 g/mol. The zero-order valence-corrected chi connectivity index (χ0v) is 18.6. The molecule has 5 rings (SSSR count). The Balaban J connectivity index is 1.57. The van der Waals surface area contributed by atoms with E-state index in [4.69, 9.17) is 9.98 Å². The van der Waals surface area contributed by atoms with Crippen molar-refractivity contribution >= 4 is 22.8 Å². The number of aliphatic imine (C=N–C) groups is 2. The monoisotopic (exact) mass is 434 g/mol. The van der Waals surface area contributed by atoms with Crippen LogP contribution in [0, 0.1) is 12.1 Å². The molecule has 0 radical (unpaired) electrons. The summed E-state index contributed by atoms with van der Waals surface area (Å²) >= 11 is 0. The van der Waals surface area contributed by atoms with Crippen LogP contribution in [0.5, 0.6) is 0 Å². The van der Waals surface area contributed by atoms with Crippen LogP contribution in [-0.4, -0.2) is 11.4 Å². The van der Waals surface area contributed by atoms with E-state index >= 15 is 0 Å². The molecule has 5 aromatic rings. The van der Waals surface area contributed by atoms with E-state index in [1.165, 1.54) is 0 Å². The van der Waals surface area contributed by atoms with Gasteiger partial charge in [0.2, 0.25) is 0 Å². The smallest absolute Gasteiger partial charge is 0.0865 e. The second kappa shape index (κ2) is 10.3. The van der Waals surface area contributed by atoms with Crippen molar-refractivity contribution in [1.29, 1.82) is 0 Å². The van der Waals surface area contributed by atoms with Gasteiger partial charge in [-0.25, -0.2) is 9.98 Å². The van der Waals surface area contributed by atoms with Crippen LogP contribution >= 0.6 is 0 Å². The fourth-order valence-corrected chi connectivity index (χ4v) is 3.71. The molecule has 0 atom stereocenters. The summed E-state index contributed by atoms with van der Waals surface area (Å²) < 4.78 is 0. The lowest BCUT2D eigenvalue weighted by molar-refractivity contribution is 1.46. The van der Waals surface area contributed by atoms with Crippen LogP contribution in [0.4, 0.5) is 11.4 Å². The molecule has 5 aromatic carbocycles. The normalized spacial score (nSPS) is 11.6. The standard InChI is InChI=1S/C32H22N2/c1-5-13-25(14-6-1)31(33-29-17-9-3-10-18-29)27-21-23-28(24-22-27)32(26-15-7-2-8-16-26)34-30-19-11-4-12-20-30/h1-7,9-15,17-24H. The number of benzene rings is 4. The van der Waals surface area contributed by atoms with Crippen molar-refractivity contribution in [2.24, 2.45) is 9.98 Å². The van der Waals surface area contributed by atoms with E-state index in [1.807, 2.05) is 97.1 Å². The molecular weight excluding hydrogens is 412 g/mol. The van der Waals surface area contributed by atoms with E-state index in [1.54, 1.807) is 0 Å². The molecular formula is C32H22N2. The Morgan fingerprint density at radius 3 is 1.44 bits per heavy atom. The second-order valence-corrected chi connectivity index (χ2v) is 7.74. The minimum Gasteiger partial charge on any atom is -0.248 e. The number of para-hydroxylation sites is 2. The second-order valence-electron chi connectivity index (χ2n) is 7.74. The molecule has 34 heavy (non-hydrogen) atoms. The van der Waals surface area contributed by atoms with Gasteiger partial charge in [0.1, 0.15) is 0 Å². The molecule has 0 aromatic heterocycles. The van der Waals surface area contributed by atoms with Gasteiger partial charge in [0.05, 0.1) is 28.4 Å². The lowest BCUT2D eigenvalue weighted by Crippen LogP contribution is -2.06. The molecule has 0 bridgehead atoms. The Kier molecular flexibility index (Phi) is 6.37. The minimum absolute atomic E-state index is 0.857. The third kappa shape index (κ3) is 5.01. The van der Waals surface area contributed by atoms with Crippen molar-refractivity contribution in [3.8, 4) is 0 Å². The Morgan fingerprint density at radius 1 is 0.441 bits per heavy atom. The third-order valence-electron chi connectivity index (χ3n) is 5.38. The summed E-state index contributed by atoms with van der Waals surface area (Å²) in [6.07, 6.45) is 0. The van der Waals surface area contributed by atoms with Gasteiger partial charge in [-0.2, -0.15) is 0 Å². The van der Waals surface area contributed by atoms with E-state index < -0.39 is 0 Å². The summed E-state index contributed by atoms with van der Waals surface area (Å²) in [5.41, 5.74) is 7.64. The number of hydrogen-bond acceptors (Lipinski definition) is 2. The number of hydrogen-bond donors (Lipinski definition) is 0. The van der Waals surface area contributed by atoms with Crippen LogP contribution in [0.1, 0.15) is 22.3 Å². The quantitative estimate of drug-likeness (QED) is 0.246. The molecule has 2 nitrogen and oxygen atoms in total. The molecule has 2 heteroatoms. The first kappa shape index (κ1) is 21.1. The van der Waals surface area contributed by atoms with Crippen LogP contribution in [0.25, 0.3) is 0 Å². The lowest BCUT2D eigenvalue weighted by atomic mass is 9.97. The van der Waals surface area contributed by atoms with Crippen molar-refractivity contribution in [2.75, 3.05) is 0 Å². The first-order chi connectivity index (χ1) is 16.9. The van der Waals surface area contributed by atoms with Crippen LogP contribution in [0.15, 0.2) is 143 Å². The summed E-state index contributed by atoms with van der Waals surface area (Å²) in [5, 5.41) is 0. The molecule has 160 valence electrons. The van der Waals surface area contributed by atoms with Gasteiger partial charge in [0.15, 0.2) is 0 Å². The van der Waals surface area contributed by atoms with E-state index in [0.717, 1.165) is 45.1 Å². The summed E-state index contributed by atoms with van der Waals surface area (Å²) in [5.74, 6) is 0. The van der Waals surface area contributed by atoms with E-state index in [2.05, 4.69) is 48.5 Å². The minimum atomic E-state index is 0.857. The molecule has 0 amide bonds. The summed E-state index contributed by atoms with van der Waals surface area (Å²) in [6.45, 7) is 0. The van der Waals surface area contributed by atoms with Gasteiger partial charge in [-0.15, -0.1) is 0 Å². The topological polar surface area (TPSA) is 24.7 Å². The molecule has 0 aliphatic rings. The third-order valence-corrected chi connectivity index (χ3v) is 5.38. The van der Waals surface area contributed by atoms with Crippen molar-refractivity contribution in [3.63, 3.8) is 0 Å². The highest BCUT2D eigenvalue weighted by Gasteiger charge is 2.11. The van der Waals surface area contributed by atoms with Gasteiger partial charge in [0.25, 0.3) is 0 Å². The molecule has 0 saturated heterocycles. The maximum absolute atomic E-state index is 4.97. The SMILES string of the molecule is c1cccc(C(=Nc2ccccc2)c2ccc(C(=Nc3ccccc3)c3ccccc3)cc2)c#1. The molecule has 0 fully saturated rings. The Labute approximate surface area is 200 Å². The van der Waals surface area contributed by atoms with Crippen molar-refractivity contribution in [2.45, 2.75) is 0 Å². The molecule has 0 saturated carbocycles. The maximum atomic E-state index is 4.97. The largest absolute Gasteiger partial charge is 0.248 e. The summed E-state index contributed by atoms with van der Waals surface area (Å²) in [6, 6.07) is 50.8. The highest BCUT2D eigenvalue weighted by atomic mass is 14.8. The summed E-state index contributed by atoms with van der Waals surface area (Å²) in [7, 11) is 0. The Bertz CT molecular complexity index is 1280. The van der Waals surface area contributed by atoms with E-state index in [-0.39, 0.29) is 0 Å². The molecule has 0 N–H and O–H groups in total. The first-order valence-corrected chi connectivity index (χ1v) is 11.2. The van der Waals surface area contributed by atoms with E-state index in [9.17, 15) is 0 Å². The number of rotatable bonds is 6. The summed E-state index contributed by atoms with van der Waals surface area (Å²) in [4.78, 5) is 9.91. The van der Waals surface area contributed by atoms with Crippen LogP contribution < -0.4 is 0 Å². The first-order valence-electron chi connectivity index (χ1n) is 11.2. The fourth-order valence-electron chi connectivity index (χ4n) is 3.71. The van der Waals surface area contributed by atoms with E-state index in [0.29, 0.717) is 0 Å². The molecule has 0 heterocycles. The van der Waals surface area contributed by atoms with Gasteiger partial charge >= 0.3 is 0 Å². The number of nitrogens with zero attached hydrogens (tertiary/aromatic N) is 2. The van der Waals surface area contributed by atoms with Gasteiger partial charge in [0, 0.05) is 16.7 Å². The van der Waals surface area contributed by atoms with Crippen molar-refractivity contribution in [1.82, 2.24) is 0 Å². The Morgan fingerprint density at radius 2 is 0.912 bits per heavy atom. The average Bonchev–Trinajstić information content (AvgIpc) is 2.93. The zero-order valence-electron chi connectivity index (χ0n) is 18.6. The highest BCUT2D eigenvalue weighted by molar-refractivity contribution is 6.16. The zero-order chi connectivity index (χ0) is 23.0. The van der Waals surface area contributed by atoms with Crippen molar-refractivity contribution < 1.29 is 0 Å². The van der Waals surface area contributed by atoms with Gasteiger partial charge < -0.3 is 0 Å². The molecule has 0 aliphatic heterocycles. The predicted octanol–water partition coefficient (Wildman–Crippen LogP) is 7.63. The highest BCUT2D eigenvalue weighted by Crippen LogP contribution is 2.21. The van der Waals surface area contributed by atoms with Gasteiger partial charge in [-0.05, 0) is 36.4 Å². The van der Waals surface area contributed by atoms with Crippen LogP contribution in [0.2, 0.25) is 0 Å². The predicted molar refractivity (Wildman–Crippen MR) is 140 cm³/mol. The van der Waals surface area contributed by atoms with Crippen LogP contribution in [-0.2, 0) is 0 Å². The maximum Gasteiger partial charge on any atom is 0.0865 e. The van der Waals surface area contributed by atoms with Gasteiger partial charge in [-0.3, -0.25) is 0 Å². The Hall–Kier alpha value is -4.74. The lowest BCUT2D eigenvalue weighted by Gasteiger charge is -2.10. The molecule has 0 aliphatic carbocycles. The molecule has 0 spiro atoms. The molecule has 0 unspecified atom stereocenters. The van der Waals surface area contributed by atoms with Crippen LogP contribution in [0.3, 0.4) is 0 Å². The van der Waals surface area contributed by atoms with Crippen molar-refractivity contribution in [3.05, 3.63) is 168 Å².